The van der Waals surface area contributed by atoms with E-state index in [2.05, 4.69) is 53.7 Å². The van der Waals surface area contributed by atoms with E-state index in [1.165, 1.54) is 17.5 Å². The molecular formula is C20H26N4. The monoisotopic (exact) mass is 322 g/mol. The van der Waals surface area contributed by atoms with Crippen LogP contribution >= 0.6 is 0 Å². The summed E-state index contributed by atoms with van der Waals surface area (Å²) in [5, 5.41) is 6.92. The van der Waals surface area contributed by atoms with Crippen LogP contribution in [0.4, 0.5) is 0 Å². The molecule has 2 N–H and O–H groups in total. The Morgan fingerprint density at radius 3 is 2.79 bits per heavy atom. The summed E-state index contributed by atoms with van der Waals surface area (Å²) in [5.41, 5.74) is 3.92. The number of aromatic nitrogens is 1. The third kappa shape index (κ3) is 4.34. The Bertz CT molecular complexity index is 681. The Hall–Kier alpha value is -2.36. The van der Waals surface area contributed by atoms with Crippen molar-refractivity contribution in [2.75, 3.05) is 13.1 Å². The number of hydrogen-bond acceptors (Lipinski definition) is 2. The van der Waals surface area contributed by atoms with Gasteiger partial charge in [0, 0.05) is 43.4 Å². The van der Waals surface area contributed by atoms with Crippen LogP contribution in [-0.4, -0.2) is 30.1 Å². The van der Waals surface area contributed by atoms with Crippen LogP contribution in [0.3, 0.4) is 0 Å². The Morgan fingerprint density at radius 2 is 2.04 bits per heavy atom. The number of guanidine groups is 1. The fraction of sp³-hybridized carbons (Fsp3) is 0.400. The highest BCUT2D eigenvalue weighted by Crippen LogP contribution is 2.41. The first kappa shape index (κ1) is 16.5. The van der Waals surface area contributed by atoms with E-state index in [9.17, 15) is 0 Å². The van der Waals surface area contributed by atoms with E-state index in [0.717, 1.165) is 31.2 Å². The largest absolute Gasteiger partial charge is 0.357 e. The fourth-order valence-electron chi connectivity index (χ4n) is 3.02. The van der Waals surface area contributed by atoms with E-state index in [1.807, 2.05) is 24.4 Å². The molecule has 1 aliphatic rings. The molecule has 24 heavy (non-hydrogen) atoms. The molecule has 1 saturated carbocycles. The molecule has 0 amide bonds. The summed E-state index contributed by atoms with van der Waals surface area (Å²) in [4.78, 5) is 9.04. The summed E-state index contributed by atoms with van der Waals surface area (Å²) < 4.78 is 0. The highest BCUT2D eigenvalue weighted by Gasteiger charge is 2.39. The van der Waals surface area contributed by atoms with Gasteiger partial charge in [0.15, 0.2) is 5.96 Å². The van der Waals surface area contributed by atoms with Gasteiger partial charge in [0.2, 0.25) is 0 Å². The fourth-order valence-corrected chi connectivity index (χ4v) is 3.02. The van der Waals surface area contributed by atoms with Crippen LogP contribution < -0.4 is 10.6 Å². The van der Waals surface area contributed by atoms with Crippen LogP contribution in [0, 0.1) is 6.92 Å². The maximum absolute atomic E-state index is 4.69. The lowest BCUT2D eigenvalue weighted by molar-refractivity contribution is 0.788. The van der Waals surface area contributed by atoms with Crippen LogP contribution in [0.25, 0.3) is 0 Å². The van der Waals surface area contributed by atoms with Crippen LogP contribution in [0.5, 0.6) is 0 Å². The number of nitrogens with zero attached hydrogens (tertiary/aromatic N) is 2. The van der Waals surface area contributed by atoms with Gasteiger partial charge >= 0.3 is 0 Å². The molecule has 1 fully saturated rings. The van der Waals surface area contributed by atoms with Gasteiger partial charge in [0.25, 0.3) is 0 Å². The zero-order valence-corrected chi connectivity index (χ0v) is 14.5. The predicted octanol–water partition coefficient (Wildman–Crippen LogP) is 3.04. The van der Waals surface area contributed by atoms with Gasteiger partial charge < -0.3 is 10.6 Å². The van der Waals surface area contributed by atoms with Gasteiger partial charge in [-0.2, -0.15) is 0 Å². The average Bonchev–Trinajstić information content (AvgIpc) is 3.35. The number of aliphatic imine (C=N–C) groups is 1. The summed E-state index contributed by atoms with van der Waals surface area (Å²) in [6.45, 7) is 5.91. The second kappa shape index (κ2) is 7.95. The van der Waals surface area contributed by atoms with Crippen molar-refractivity contribution in [2.45, 2.75) is 38.6 Å². The zero-order valence-electron chi connectivity index (χ0n) is 14.5. The highest BCUT2D eigenvalue weighted by atomic mass is 15.2. The first-order valence-electron chi connectivity index (χ1n) is 8.78. The molecule has 1 aromatic carbocycles. The standard InChI is InChI=1S/C20H26N4/c1-3-21-20(23-13-11-16-9-6-7-12-22-16)24-19-14-18(19)17-10-5-4-8-15(17)2/h4-10,12,18-19H,3,11,13-14H2,1-2H3,(H2,21,23,24). The van der Waals surface area contributed by atoms with Crippen molar-refractivity contribution < 1.29 is 0 Å². The number of nitrogens with one attached hydrogen (secondary N) is 2. The first-order chi connectivity index (χ1) is 11.8. The molecule has 0 radical (unpaired) electrons. The summed E-state index contributed by atoms with van der Waals surface area (Å²) in [6.07, 6.45) is 3.87. The molecule has 126 valence electrons. The van der Waals surface area contributed by atoms with Gasteiger partial charge in [-0.3, -0.25) is 9.98 Å². The van der Waals surface area contributed by atoms with E-state index >= 15 is 0 Å². The third-order valence-electron chi connectivity index (χ3n) is 4.41. The third-order valence-corrected chi connectivity index (χ3v) is 4.41. The maximum Gasteiger partial charge on any atom is 0.191 e. The van der Waals surface area contributed by atoms with Gasteiger partial charge in [0.05, 0.1) is 0 Å². The summed E-state index contributed by atoms with van der Waals surface area (Å²) >= 11 is 0. The van der Waals surface area contributed by atoms with Crippen molar-refractivity contribution >= 4 is 5.96 Å². The van der Waals surface area contributed by atoms with Crippen LogP contribution in [0.2, 0.25) is 0 Å². The van der Waals surface area contributed by atoms with Gasteiger partial charge in [0.1, 0.15) is 0 Å². The number of aryl methyl sites for hydroxylation is 1. The second-order valence-corrected chi connectivity index (χ2v) is 6.28. The molecule has 0 saturated heterocycles. The molecule has 4 heteroatoms. The molecule has 2 unspecified atom stereocenters. The quantitative estimate of drug-likeness (QED) is 0.635. The van der Waals surface area contributed by atoms with E-state index in [1.54, 1.807) is 0 Å². The minimum Gasteiger partial charge on any atom is -0.357 e. The first-order valence-corrected chi connectivity index (χ1v) is 8.78. The topological polar surface area (TPSA) is 49.3 Å². The van der Waals surface area contributed by atoms with Crippen molar-refractivity contribution in [2.24, 2.45) is 4.99 Å². The predicted molar refractivity (Wildman–Crippen MR) is 99.4 cm³/mol. The van der Waals surface area contributed by atoms with Gasteiger partial charge in [-0.05, 0) is 43.5 Å². The SMILES string of the molecule is CCNC(=NCCc1ccccn1)NC1CC1c1ccccc1C. The molecule has 0 spiro atoms. The molecule has 0 bridgehead atoms. The number of rotatable bonds is 6. The Morgan fingerprint density at radius 1 is 1.21 bits per heavy atom. The minimum absolute atomic E-state index is 0.485. The normalized spacial score (nSPS) is 19.8. The second-order valence-electron chi connectivity index (χ2n) is 6.28. The van der Waals surface area contributed by atoms with Crippen LogP contribution in [-0.2, 0) is 6.42 Å². The molecular weight excluding hydrogens is 296 g/mol. The molecule has 1 heterocycles. The Kier molecular flexibility index (Phi) is 5.47. The molecule has 3 rings (SSSR count). The average molecular weight is 322 g/mol. The number of pyridine rings is 1. The molecule has 0 aliphatic heterocycles. The minimum atomic E-state index is 0.485. The van der Waals surface area contributed by atoms with Crippen LogP contribution in [0.15, 0.2) is 53.7 Å². The Labute approximate surface area is 144 Å². The number of benzene rings is 1. The number of hydrogen-bond donors (Lipinski definition) is 2. The highest BCUT2D eigenvalue weighted by molar-refractivity contribution is 5.80. The maximum atomic E-state index is 4.69. The zero-order chi connectivity index (χ0) is 16.8. The Balaban J connectivity index is 1.55. The van der Waals surface area contributed by atoms with Crippen LogP contribution in [0.1, 0.15) is 36.1 Å². The summed E-state index contributed by atoms with van der Waals surface area (Å²) in [6, 6.07) is 15.2. The van der Waals surface area contributed by atoms with Gasteiger partial charge in [-0.25, -0.2) is 0 Å². The summed E-state index contributed by atoms with van der Waals surface area (Å²) in [7, 11) is 0. The molecule has 1 aliphatic carbocycles. The van der Waals surface area contributed by atoms with E-state index in [-0.39, 0.29) is 0 Å². The van der Waals surface area contributed by atoms with E-state index in [0.29, 0.717) is 12.0 Å². The molecule has 1 aromatic heterocycles. The molecule has 2 atom stereocenters. The van der Waals surface area contributed by atoms with Crippen molar-refractivity contribution in [1.29, 1.82) is 0 Å². The summed E-state index contributed by atoms with van der Waals surface area (Å²) in [5.74, 6) is 1.51. The molecule has 4 nitrogen and oxygen atoms in total. The van der Waals surface area contributed by atoms with E-state index in [4.69, 9.17) is 4.99 Å². The van der Waals surface area contributed by atoms with Crippen molar-refractivity contribution in [3.63, 3.8) is 0 Å². The van der Waals surface area contributed by atoms with Crippen molar-refractivity contribution in [3.8, 4) is 0 Å². The van der Waals surface area contributed by atoms with E-state index < -0.39 is 0 Å². The van der Waals surface area contributed by atoms with Gasteiger partial charge in [-0.1, -0.05) is 30.3 Å². The lowest BCUT2D eigenvalue weighted by Crippen LogP contribution is -2.39. The van der Waals surface area contributed by atoms with Crippen molar-refractivity contribution in [1.82, 2.24) is 15.6 Å². The lowest BCUT2D eigenvalue weighted by atomic mass is 10.0. The lowest BCUT2D eigenvalue weighted by Gasteiger charge is -2.12. The van der Waals surface area contributed by atoms with Gasteiger partial charge in [-0.15, -0.1) is 0 Å². The molecule has 2 aromatic rings. The van der Waals surface area contributed by atoms with Crippen molar-refractivity contribution in [3.05, 3.63) is 65.5 Å². The smallest absolute Gasteiger partial charge is 0.191 e.